The van der Waals surface area contributed by atoms with Gasteiger partial charge >= 0.3 is 0 Å². The largest absolute Gasteiger partial charge is 0.379 e. The van der Waals surface area contributed by atoms with Crippen molar-refractivity contribution in [3.63, 3.8) is 0 Å². The standard InChI is InChI=1S/C19H19N3O4S/c1-14-2-7-17(21-19(23)16-5-3-15(13-20)4-6-16)12-18(14)27(24,25)22-8-10-26-11-9-22/h2-7,12H,8-11H2,1H3,(H,21,23). The van der Waals surface area contributed by atoms with Gasteiger partial charge in [0.05, 0.1) is 29.7 Å². The molecule has 27 heavy (non-hydrogen) atoms. The fourth-order valence-corrected chi connectivity index (χ4v) is 4.44. The van der Waals surface area contributed by atoms with E-state index in [0.29, 0.717) is 48.7 Å². The molecule has 0 aliphatic carbocycles. The number of nitrogens with zero attached hydrogens (tertiary/aromatic N) is 2. The average Bonchev–Trinajstić information content (AvgIpc) is 2.70. The monoisotopic (exact) mass is 385 g/mol. The van der Waals surface area contributed by atoms with Crippen molar-refractivity contribution in [2.24, 2.45) is 0 Å². The zero-order valence-electron chi connectivity index (χ0n) is 14.8. The molecule has 1 heterocycles. The SMILES string of the molecule is Cc1ccc(NC(=O)c2ccc(C#N)cc2)cc1S(=O)(=O)N1CCOCC1. The Morgan fingerprint density at radius 1 is 1.15 bits per heavy atom. The van der Waals surface area contributed by atoms with E-state index in [1.54, 1.807) is 43.3 Å². The Balaban J connectivity index is 1.84. The van der Waals surface area contributed by atoms with Crippen LogP contribution in [-0.4, -0.2) is 44.9 Å². The van der Waals surface area contributed by atoms with E-state index in [0.717, 1.165) is 0 Å². The van der Waals surface area contributed by atoms with E-state index in [2.05, 4.69) is 5.32 Å². The number of morpholine rings is 1. The van der Waals surface area contributed by atoms with E-state index in [-0.39, 0.29) is 10.8 Å². The number of carbonyl (C=O) groups excluding carboxylic acids is 1. The predicted octanol–water partition coefficient (Wildman–Crippen LogP) is 2.14. The molecule has 0 aromatic heterocycles. The number of hydrogen-bond acceptors (Lipinski definition) is 5. The first-order chi connectivity index (χ1) is 12.9. The van der Waals surface area contributed by atoms with Gasteiger partial charge in [-0.2, -0.15) is 9.57 Å². The van der Waals surface area contributed by atoms with Crippen LogP contribution in [-0.2, 0) is 14.8 Å². The molecule has 2 aromatic rings. The van der Waals surface area contributed by atoms with Gasteiger partial charge in [0.1, 0.15) is 0 Å². The fourth-order valence-electron chi connectivity index (χ4n) is 2.78. The lowest BCUT2D eigenvalue weighted by Gasteiger charge is -2.26. The normalized spacial score (nSPS) is 15.1. The van der Waals surface area contributed by atoms with Gasteiger partial charge in [-0.05, 0) is 48.9 Å². The molecule has 140 valence electrons. The number of nitriles is 1. The number of nitrogens with one attached hydrogen (secondary N) is 1. The minimum Gasteiger partial charge on any atom is -0.379 e. The highest BCUT2D eigenvalue weighted by Crippen LogP contribution is 2.24. The Bertz CT molecular complexity index is 989. The molecule has 0 unspecified atom stereocenters. The molecule has 1 N–H and O–H groups in total. The second-order valence-electron chi connectivity index (χ2n) is 6.14. The summed E-state index contributed by atoms with van der Waals surface area (Å²) in [6, 6.07) is 13.0. The molecule has 8 heteroatoms. The van der Waals surface area contributed by atoms with Crippen LogP contribution in [0.2, 0.25) is 0 Å². The van der Waals surface area contributed by atoms with E-state index < -0.39 is 10.0 Å². The fraction of sp³-hybridized carbons (Fsp3) is 0.263. The Morgan fingerprint density at radius 2 is 1.81 bits per heavy atom. The molecule has 0 radical (unpaired) electrons. The van der Waals surface area contributed by atoms with Crippen molar-refractivity contribution in [3.8, 4) is 6.07 Å². The minimum absolute atomic E-state index is 0.169. The lowest BCUT2D eigenvalue weighted by Crippen LogP contribution is -2.40. The summed E-state index contributed by atoms with van der Waals surface area (Å²) >= 11 is 0. The molecule has 1 fully saturated rings. The number of benzene rings is 2. The van der Waals surface area contributed by atoms with Crippen LogP contribution in [0.3, 0.4) is 0 Å². The third-order valence-corrected chi connectivity index (χ3v) is 6.35. The van der Waals surface area contributed by atoms with Crippen molar-refractivity contribution in [1.82, 2.24) is 4.31 Å². The second-order valence-corrected chi connectivity index (χ2v) is 8.05. The van der Waals surface area contributed by atoms with Gasteiger partial charge in [-0.3, -0.25) is 4.79 Å². The molecule has 0 spiro atoms. The minimum atomic E-state index is -3.66. The molecular weight excluding hydrogens is 366 g/mol. The van der Waals surface area contributed by atoms with Crippen LogP contribution in [0.5, 0.6) is 0 Å². The number of carbonyl (C=O) groups is 1. The van der Waals surface area contributed by atoms with Gasteiger partial charge in [0, 0.05) is 24.3 Å². The van der Waals surface area contributed by atoms with Gasteiger partial charge in [-0.25, -0.2) is 8.42 Å². The number of ether oxygens (including phenoxy) is 1. The molecule has 1 aliphatic heterocycles. The predicted molar refractivity (Wildman–Crippen MR) is 99.9 cm³/mol. The molecule has 1 amide bonds. The van der Waals surface area contributed by atoms with Gasteiger partial charge in [0.25, 0.3) is 5.91 Å². The first-order valence-electron chi connectivity index (χ1n) is 8.42. The summed E-state index contributed by atoms with van der Waals surface area (Å²) in [6.07, 6.45) is 0. The highest BCUT2D eigenvalue weighted by Gasteiger charge is 2.28. The van der Waals surface area contributed by atoms with Crippen LogP contribution in [0.25, 0.3) is 0 Å². The zero-order chi connectivity index (χ0) is 19.4. The number of anilines is 1. The zero-order valence-corrected chi connectivity index (χ0v) is 15.6. The van der Waals surface area contributed by atoms with Gasteiger partial charge in [0.15, 0.2) is 0 Å². The second kappa shape index (κ2) is 7.88. The number of amides is 1. The number of sulfonamides is 1. The molecule has 0 bridgehead atoms. The van der Waals surface area contributed by atoms with Gasteiger partial charge in [-0.1, -0.05) is 6.07 Å². The lowest BCUT2D eigenvalue weighted by atomic mass is 10.1. The molecule has 1 aliphatic rings. The summed E-state index contributed by atoms with van der Waals surface area (Å²) < 4.78 is 32.4. The molecule has 0 atom stereocenters. The molecule has 2 aromatic carbocycles. The highest BCUT2D eigenvalue weighted by molar-refractivity contribution is 7.89. The average molecular weight is 385 g/mol. The van der Waals surface area contributed by atoms with Crippen LogP contribution in [0.15, 0.2) is 47.4 Å². The summed E-state index contributed by atoms with van der Waals surface area (Å²) in [7, 11) is -3.66. The third-order valence-electron chi connectivity index (χ3n) is 4.31. The summed E-state index contributed by atoms with van der Waals surface area (Å²) in [4.78, 5) is 12.6. The van der Waals surface area contributed by atoms with Crippen LogP contribution in [0, 0.1) is 18.3 Å². The van der Waals surface area contributed by atoms with E-state index in [1.165, 1.54) is 10.4 Å². The van der Waals surface area contributed by atoms with Crippen molar-refractivity contribution in [2.75, 3.05) is 31.6 Å². The topological polar surface area (TPSA) is 99.5 Å². The summed E-state index contributed by atoms with van der Waals surface area (Å²) in [5.41, 5.74) is 1.84. The van der Waals surface area contributed by atoms with E-state index in [1.807, 2.05) is 6.07 Å². The summed E-state index contributed by atoms with van der Waals surface area (Å²) in [5.74, 6) is -0.377. The van der Waals surface area contributed by atoms with Gasteiger partial charge < -0.3 is 10.1 Å². The van der Waals surface area contributed by atoms with Gasteiger partial charge in [-0.15, -0.1) is 0 Å². The van der Waals surface area contributed by atoms with Crippen LogP contribution < -0.4 is 5.32 Å². The highest BCUT2D eigenvalue weighted by atomic mass is 32.2. The van der Waals surface area contributed by atoms with E-state index in [9.17, 15) is 13.2 Å². The molecular formula is C19H19N3O4S. The molecule has 7 nitrogen and oxygen atoms in total. The van der Waals surface area contributed by atoms with Crippen LogP contribution in [0.4, 0.5) is 5.69 Å². The van der Waals surface area contributed by atoms with Gasteiger partial charge in [0.2, 0.25) is 10.0 Å². The quantitative estimate of drug-likeness (QED) is 0.869. The molecule has 0 saturated carbocycles. The maximum atomic E-state index is 12.9. The Labute approximate surface area is 158 Å². The number of hydrogen-bond donors (Lipinski definition) is 1. The Kier molecular flexibility index (Phi) is 5.56. The van der Waals surface area contributed by atoms with Crippen molar-refractivity contribution in [3.05, 3.63) is 59.2 Å². The number of aryl methyl sites for hydroxylation is 1. The summed E-state index contributed by atoms with van der Waals surface area (Å²) in [6.45, 7) is 3.08. The Morgan fingerprint density at radius 3 is 2.44 bits per heavy atom. The molecule has 3 rings (SSSR count). The maximum Gasteiger partial charge on any atom is 0.255 e. The van der Waals surface area contributed by atoms with E-state index in [4.69, 9.17) is 10.00 Å². The van der Waals surface area contributed by atoms with Crippen molar-refractivity contribution >= 4 is 21.6 Å². The maximum absolute atomic E-state index is 12.9. The van der Waals surface area contributed by atoms with Crippen LogP contribution >= 0.6 is 0 Å². The van der Waals surface area contributed by atoms with Crippen molar-refractivity contribution in [2.45, 2.75) is 11.8 Å². The smallest absolute Gasteiger partial charge is 0.255 e. The number of rotatable bonds is 4. The van der Waals surface area contributed by atoms with Crippen LogP contribution in [0.1, 0.15) is 21.5 Å². The first-order valence-corrected chi connectivity index (χ1v) is 9.86. The summed E-state index contributed by atoms with van der Waals surface area (Å²) in [5, 5.41) is 11.5. The van der Waals surface area contributed by atoms with E-state index >= 15 is 0 Å². The van der Waals surface area contributed by atoms with Crippen molar-refractivity contribution < 1.29 is 17.9 Å². The third kappa shape index (κ3) is 4.17. The lowest BCUT2D eigenvalue weighted by molar-refractivity contribution is 0.0730. The first kappa shape index (κ1) is 19.0. The Hall–Kier alpha value is -2.73. The van der Waals surface area contributed by atoms with Crippen molar-refractivity contribution in [1.29, 1.82) is 5.26 Å². The molecule has 1 saturated heterocycles.